The number of hydrogen-bond donors (Lipinski definition) is 2. The lowest BCUT2D eigenvalue weighted by molar-refractivity contribution is -0.00435. The number of ether oxygens (including phenoxy) is 3. The molecule has 0 amide bonds. The molecular formula is C14H23NO4. The summed E-state index contributed by atoms with van der Waals surface area (Å²) in [6, 6.07) is 7.45. The number of benzene rings is 1. The molecule has 0 aliphatic rings. The van der Waals surface area contributed by atoms with E-state index in [4.69, 9.17) is 19.9 Å². The Morgan fingerprint density at radius 2 is 1.95 bits per heavy atom. The molecule has 1 rings (SSSR count). The quantitative estimate of drug-likeness (QED) is 0.657. The second kappa shape index (κ2) is 8.87. The van der Waals surface area contributed by atoms with Gasteiger partial charge in [0.2, 0.25) is 0 Å². The normalized spacial score (nSPS) is 14.1. The van der Waals surface area contributed by atoms with Crippen molar-refractivity contribution >= 4 is 0 Å². The predicted octanol–water partition coefficient (Wildman–Crippen LogP) is 1.11. The molecule has 0 bridgehead atoms. The summed E-state index contributed by atoms with van der Waals surface area (Å²) in [6.45, 7) is 3.28. The van der Waals surface area contributed by atoms with E-state index in [1.54, 1.807) is 7.11 Å². The number of hydrogen-bond acceptors (Lipinski definition) is 5. The molecule has 0 fully saturated rings. The maximum absolute atomic E-state index is 9.72. The van der Waals surface area contributed by atoms with Crippen LogP contribution in [0.3, 0.4) is 0 Å². The van der Waals surface area contributed by atoms with Gasteiger partial charge in [0.1, 0.15) is 18.5 Å². The topological polar surface area (TPSA) is 73.9 Å². The van der Waals surface area contributed by atoms with Gasteiger partial charge in [0.15, 0.2) is 0 Å². The summed E-state index contributed by atoms with van der Waals surface area (Å²) in [7, 11) is 1.60. The average Bonchev–Trinajstić information content (AvgIpc) is 2.41. The lowest BCUT2D eigenvalue weighted by Crippen LogP contribution is -2.24. The zero-order chi connectivity index (χ0) is 14.1. The highest BCUT2D eigenvalue weighted by Gasteiger charge is 2.10. The first kappa shape index (κ1) is 15.9. The van der Waals surface area contributed by atoms with Crippen molar-refractivity contribution in [3.63, 3.8) is 0 Å². The van der Waals surface area contributed by atoms with E-state index in [9.17, 15) is 5.11 Å². The highest BCUT2D eigenvalue weighted by molar-refractivity contribution is 5.35. The molecule has 0 saturated heterocycles. The van der Waals surface area contributed by atoms with Crippen molar-refractivity contribution in [3.8, 4) is 5.75 Å². The van der Waals surface area contributed by atoms with E-state index in [-0.39, 0.29) is 19.3 Å². The van der Waals surface area contributed by atoms with E-state index < -0.39 is 6.10 Å². The minimum atomic E-state index is -0.669. The summed E-state index contributed by atoms with van der Waals surface area (Å²) >= 11 is 0. The van der Waals surface area contributed by atoms with Crippen molar-refractivity contribution in [3.05, 3.63) is 29.8 Å². The van der Waals surface area contributed by atoms with E-state index in [0.29, 0.717) is 19.0 Å². The summed E-state index contributed by atoms with van der Waals surface area (Å²) < 4.78 is 15.6. The number of rotatable bonds is 9. The Bertz CT molecular complexity index is 357. The maximum atomic E-state index is 9.72. The molecular weight excluding hydrogens is 246 g/mol. The fourth-order valence-corrected chi connectivity index (χ4v) is 1.58. The number of para-hydroxylation sites is 1. The van der Waals surface area contributed by atoms with Crippen LogP contribution in [0.1, 0.15) is 18.5 Å². The van der Waals surface area contributed by atoms with E-state index in [2.05, 4.69) is 0 Å². The zero-order valence-electron chi connectivity index (χ0n) is 11.5. The summed E-state index contributed by atoms with van der Waals surface area (Å²) in [4.78, 5) is 0. The van der Waals surface area contributed by atoms with Crippen LogP contribution in [0.25, 0.3) is 0 Å². The largest absolute Gasteiger partial charge is 0.490 e. The molecule has 5 heteroatoms. The van der Waals surface area contributed by atoms with E-state index in [1.165, 1.54) is 0 Å². The molecule has 1 aromatic rings. The first-order valence-corrected chi connectivity index (χ1v) is 6.37. The molecule has 0 aliphatic heterocycles. The van der Waals surface area contributed by atoms with Gasteiger partial charge in [-0.1, -0.05) is 18.2 Å². The van der Waals surface area contributed by atoms with Crippen LogP contribution < -0.4 is 10.5 Å². The zero-order valence-corrected chi connectivity index (χ0v) is 11.5. The van der Waals surface area contributed by atoms with Gasteiger partial charge in [-0.3, -0.25) is 0 Å². The number of aliphatic hydroxyl groups is 1. The molecule has 2 atom stereocenters. The Morgan fingerprint density at radius 3 is 2.63 bits per heavy atom. The van der Waals surface area contributed by atoms with Gasteiger partial charge in [-0.05, 0) is 13.0 Å². The van der Waals surface area contributed by atoms with Crippen LogP contribution in [0.5, 0.6) is 5.75 Å². The fourth-order valence-electron chi connectivity index (χ4n) is 1.58. The molecule has 5 nitrogen and oxygen atoms in total. The first-order chi connectivity index (χ1) is 9.15. The molecule has 19 heavy (non-hydrogen) atoms. The third kappa shape index (κ3) is 6.02. The monoisotopic (exact) mass is 269 g/mol. The molecule has 0 heterocycles. The smallest absolute Gasteiger partial charge is 0.124 e. The van der Waals surface area contributed by atoms with Crippen molar-refractivity contribution in [2.75, 3.05) is 33.5 Å². The second-order valence-corrected chi connectivity index (χ2v) is 4.36. The molecule has 1 aromatic carbocycles. The van der Waals surface area contributed by atoms with Gasteiger partial charge >= 0.3 is 0 Å². The van der Waals surface area contributed by atoms with Gasteiger partial charge in [-0.2, -0.15) is 0 Å². The van der Waals surface area contributed by atoms with Crippen LogP contribution in [-0.2, 0) is 9.47 Å². The number of aliphatic hydroxyl groups excluding tert-OH is 1. The van der Waals surface area contributed by atoms with Crippen LogP contribution in [0, 0.1) is 0 Å². The molecule has 0 saturated carbocycles. The minimum absolute atomic E-state index is 0.105. The Kier molecular flexibility index (Phi) is 7.43. The lowest BCUT2D eigenvalue weighted by Gasteiger charge is -2.16. The molecule has 1 unspecified atom stereocenters. The van der Waals surface area contributed by atoms with Crippen LogP contribution in [0.2, 0.25) is 0 Å². The van der Waals surface area contributed by atoms with Gasteiger partial charge in [-0.15, -0.1) is 0 Å². The van der Waals surface area contributed by atoms with Crippen molar-refractivity contribution in [2.24, 2.45) is 5.73 Å². The number of methoxy groups -OCH3 is 1. The Morgan fingerprint density at radius 1 is 1.21 bits per heavy atom. The molecule has 0 aliphatic carbocycles. The second-order valence-electron chi connectivity index (χ2n) is 4.36. The fraction of sp³-hybridized carbons (Fsp3) is 0.571. The minimum Gasteiger partial charge on any atom is -0.490 e. The van der Waals surface area contributed by atoms with Crippen LogP contribution >= 0.6 is 0 Å². The van der Waals surface area contributed by atoms with E-state index in [1.807, 2.05) is 31.2 Å². The van der Waals surface area contributed by atoms with E-state index in [0.717, 1.165) is 5.56 Å². The SMILES string of the molecule is COCCOCC(O)COc1ccccc1[C@@H](C)N. The van der Waals surface area contributed by atoms with Crippen molar-refractivity contribution < 1.29 is 19.3 Å². The first-order valence-electron chi connectivity index (χ1n) is 6.37. The summed E-state index contributed by atoms with van der Waals surface area (Å²) in [5, 5.41) is 9.72. The molecule has 0 radical (unpaired) electrons. The third-order valence-corrected chi connectivity index (χ3v) is 2.58. The summed E-state index contributed by atoms with van der Waals surface area (Å²) in [6.07, 6.45) is -0.669. The molecule has 0 aromatic heterocycles. The third-order valence-electron chi connectivity index (χ3n) is 2.58. The molecule has 108 valence electrons. The van der Waals surface area contributed by atoms with Gasteiger partial charge in [0.05, 0.1) is 19.8 Å². The Hall–Kier alpha value is -1.14. The maximum Gasteiger partial charge on any atom is 0.124 e. The molecule has 3 N–H and O–H groups in total. The van der Waals surface area contributed by atoms with Gasteiger partial charge < -0.3 is 25.1 Å². The van der Waals surface area contributed by atoms with E-state index >= 15 is 0 Å². The van der Waals surface area contributed by atoms with Gasteiger partial charge in [-0.25, -0.2) is 0 Å². The van der Waals surface area contributed by atoms with Crippen molar-refractivity contribution in [1.29, 1.82) is 0 Å². The van der Waals surface area contributed by atoms with Crippen LogP contribution in [-0.4, -0.2) is 44.7 Å². The Balaban J connectivity index is 2.35. The average molecular weight is 269 g/mol. The van der Waals surface area contributed by atoms with Crippen molar-refractivity contribution in [1.82, 2.24) is 0 Å². The number of nitrogens with two attached hydrogens (primary N) is 1. The molecule has 0 spiro atoms. The lowest BCUT2D eigenvalue weighted by atomic mass is 10.1. The van der Waals surface area contributed by atoms with Crippen LogP contribution in [0.15, 0.2) is 24.3 Å². The summed E-state index contributed by atoms with van der Waals surface area (Å²) in [5.74, 6) is 0.702. The highest BCUT2D eigenvalue weighted by atomic mass is 16.5. The van der Waals surface area contributed by atoms with Crippen molar-refractivity contribution in [2.45, 2.75) is 19.1 Å². The predicted molar refractivity (Wildman–Crippen MR) is 73.2 cm³/mol. The van der Waals surface area contributed by atoms with Crippen LogP contribution in [0.4, 0.5) is 0 Å². The van der Waals surface area contributed by atoms with Gasteiger partial charge in [0, 0.05) is 18.7 Å². The standard InChI is InChI=1S/C14H23NO4/c1-11(15)13-5-3-4-6-14(13)19-10-12(16)9-18-8-7-17-2/h3-6,11-12,16H,7-10,15H2,1-2H3/t11-,12?/m1/s1. The highest BCUT2D eigenvalue weighted by Crippen LogP contribution is 2.23. The van der Waals surface area contributed by atoms with Gasteiger partial charge in [0.25, 0.3) is 0 Å². The Labute approximate surface area is 114 Å². The summed E-state index contributed by atoms with van der Waals surface area (Å²) in [5.41, 5.74) is 6.78.